The molecule has 1 saturated heterocycles. The summed E-state index contributed by atoms with van der Waals surface area (Å²) in [6.45, 7) is 8.11. The van der Waals surface area contributed by atoms with Crippen molar-refractivity contribution in [3.8, 4) is 0 Å². The minimum absolute atomic E-state index is 0.0288. The van der Waals surface area contributed by atoms with E-state index in [1.165, 1.54) is 0 Å². The summed E-state index contributed by atoms with van der Waals surface area (Å²) in [6.07, 6.45) is 0. The molecule has 72 valence electrons. The van der Waals surface area contributed by atoms with Crippen molar-refractivity contribution >= 4 is 0 Å². The lowest BCUT2D eigenvalue weighted by molar-refractivity contribution is 0.0881. The lowest BCUT2D eigenvalue weighted by Gasteiger charge is -2.41. The molecule has 0 saturated carbocycles. The summed E-state index contributed by atoms with van der Waals surface area (Å²) in [5, 5.41) is 3.19. The summed E-state index contributed by atoms with van der Waals surface area (Å²) in [5.74, 6) is 0. The number of nitrogens with one attached hydrogen (secondary N) is 1. The summed E-state index contributed by atoms with van der Waals surface area (Å²) >= 11 is 0. The first kappa shape index (κ1) is 9.93. The third-order valence-electron chi connectivity index (χ3n) is 2.71. The lowest BCUT2D eigenvalue weighted by Crippen LogP contribution is -2.59. The standard InChI is InChI=1S/C9H19FN2/c1-7(2)12-5-4-11-9(6-10)8(12)3/h7-9,11H,4-6H2,1-3H3/t8-,9+/m0/s1. The van der Waals surface area contributed by atoms with E-state index in [4.69, 9.17) is 0 Å². The Bertz CT molecular complexity index is 138. The zero-order valence-corrected chi connectivity index (χ0v) is 8.18. The second-order valence-electron chi connectivity index (χ2n) is 3.79. The average Bonchev–Trinajstić information content (AvgIpc) is 2.04. The molecule has 1 aliphatic rings. The van der Waals surface area contributed by atoms with E-state index in [0.717, 1.165) is 13.1 Å². The summed E-state index contributed by atoms with van der Waals surface area (Å²) < 4.78 is 12.5. The maximum Gasteiger partial charge on any atom is 0.106 e. The molecule has 2 atom stereocenters. The zero-order chi connectivity index (χ0) is 9.14. The highest BCUT2D eigenvalue weighted by atomic mass is 19.1. The Balaban J connectivity index is 2.53. The topological polar surface area (TPSA) is 15.3 Å². The molecule has 0 aromatic rings. The van der Waals surface area contributed by atoms with Crippen LogP contribution >= 0.6 is 0 Å². The van der Waals surface area contributed by atoms with Gasteiger partial charge in [-0.25, -0.2) is 4.39 Å². The number of hydrogen-bond acceptors (Lipinski definition) is 2. The molecule has 2 nitrogen and oxygen atoms in total. The highest BCUT2D eigenvalue weighted by molar-refractivity contribution is 4.87. The quantitative estimate of drug-likeness (QED) is 0.672. The van der Waals surface area contributed by atoms with Gasteiger partial charge in [0.25, 0.3) is 0 Å². The minimum Gasteiger partial charge on any atom is -0.309 e. The Morgan fingerprint density at radius 2 is 2.25 bits per heavy atom. The van der Waals surface area contributed by atoms with Gasteiger partial charge < -0.3 is 5.32 Å². The monoisotopic (exact) mass is 174 g/mol. The van der Waals surface area contributed by atoms with E-state index in [0.29, 0.717) is 12.1 Å². The van der Waals surface area contributed by atoms with E-state index in [2.05, 4.69) is 31.0 Å². The Morgan fingerprint density at radius 1 is 1.58 bits per heavy atom. The highest BCUT2D eigenvalue weighted by Gasteiger charge is 2.28. The van der Waals surface area contributed by atoms with E-state index < -0.39 is 0 Å². The predicted molar refractivity (Wildman–Crippen MR) is 49.1 cm³/mol. The van der Waals surface area contributed by atoms with Gasteiger partial charge in [0.1, 0.15) is 6.67 Å². The molecule has 0 unspecified atom stereocenters. The van der Waals surface area contributed by atoms with Crippen LogP contribution in [0.25, 0.3) is 0 Å². The normalized spacial score (nSPS) is 32.8. The third kappa shape index (κ3) is 1.96. The van der Waals surface area contributed by atoms with Crippen LogP contribution in [-0.2, 0) is 0 Å². The van der Waals surface area contributed by atoms with Crippen molar-refractivity contribution in [1.29, 1.82) is 0 Å². The molecule has 1 aliphatic heterocycles. The first-order valence-corrected chi connectivity index (χ1v) is 4.72. The summed E-state index contributed by atoms with van der Waals surface area (Å²) in [4.78, 5) is 2.35. The number of rotatable bonds is 2. The van der Waals surface area contributed by atoms with Gasteiger partial charge in [-0.1, -0.05) is 0 Å². The molecule has 0 aliphatic carbocycles. The number of hydrogen-bond donors (Lipinski definition) is 1. The van der Waals surface area contributed by atoms with E-state index in [1.54, 1.807) is 0 Å². The molecule has 0 radical (unpaired) electrons. The van der Waals surface area contributed by atoms with Crippen molar-refractivity contribution in [3.63, 3.8) is 0 Å². The van der Waals surface area contributed by atoms with Crippen LogP contribution in [0.5, 0.6) is 0 Å². The fourth-order valence-corrected chi connectivity index (χ4v) is 1.90. The van der Waals surface area contributed by atoms with Crippen molar-refractivity contribution in [2.75, 3.05) is 19.8 Å². The molecule has 1 fully saturated rings. The van der Waals surface area contributed by atoms with E-state index in [9.17, 15) is 4.39 Å². The van der Waals surface area contributed by atoms with Gasteiger partial charge in [0.2, 0.25) is 0 Å². The summed E-state index contributed by atoms with van der Waals surface area (Å²) in [6, 6.07) is 0.876. The van der Waals surface area contributed by atoms with Gasteiger partial charge in [0.15, 0.2) is 0 Å². The molecule has 0 bridgehead atoms. The van der Waals surface area contributed by atoms with Gasteiger partial charge in [-0.15, -0.1) is 0 Å². The summed E-state index contributed by atoms with van der Waals surface area (Å²) in [7, 11) is 0. The maximum absolute atomic E-state index is 12.5. The molecule has 12 heavy (non-hydrogen) atoms. The molecule has 1 heterocycles. The second-order valence-corrected chi connectivity index (χ2v) is 3.79. The van der Waals surface area contributed by atoms with Crippen LogP contribution in [-0.4, -0.2) is 42.8 Å². The van der Waals surface area contributed by atoms with Crippen molar-refractivity contribution in [1.82, 2.24) is 10.2 Å². The van der Waals surface area contributed by atoms with Crippen molar-refractivity contribution in [2.24, 2.45) is 0 Å². The molecule has 1 rings (SSSR count). The molecule has 0 aromatic carbocycles. The van der Waals surface area contributed by atoms with Crippen molar-refractivity contribution < 1.29 is 4.39 Å². The van der Waals surface area contributed by atoms with Crippen molar-refractivity contribution in [3.05, 3.63) is 0 Å². The van der Waals surface area contributed by atoms with Gasteiger partial charge in [-0.2, -0.15) is 0 Å². The van der Waals surface area contributed by atoms with Gasteiger partial charge >= 0.3 is 0 Å². The number of nitrogens with zero attached hydrogens (tertiary/aromatic N) is 1. The largest absolute Gasteiger partial charge is 0.309 e. The van der Waals surface area contributed by atoms with Gasteiger partial charge in [-0.05, 0) is 20.8 Å². The van der Waals surface area contributed by atoms with Crippen LogP contribution in [0.4, 0.5) is 4.39 Å². The Kier molecular flexibility index (Phi) is 3.47. The minimum atomic E-state index is -0.260. The molecular weight excluding hydrogens is 155 g/mol. The van der Waals surface area contributed by atoms with Crippen LogP contribution in [0.2, 0.25) is 0 Å². The molecule has 0 aromatic heterocycles. The van der Waals surface area contributed by atoms with Crippen LogP contribution < -0.4 is 5.32 Å². The van der Waals surface area contributed by atoms with Crippen LogP contribution in [0.3, 0.4) is 0 Å². The zero-order valence-electron chi connectivity index (χ0n) is 8.18. The van der Waals surface area contributed by atoms with Gasteiger partial charge in [0, 0.05) is 25.2 Å². The fraction of sp³-hybridized carbons (Fsp3) is 1.00. The average molecular weight is 174 g/mol. The van der Waals surface area contributed by atoms with Crippen LogP contribution in [0.1, 0.15) is 20.8 Å². The van der Waals surface area contributed by atoms with Gasteiger partial charge in [-0.3, -0.25) is 4.90 Å². The van der Waals surface area contributed by atoms with E-state index >= 15 is 0 Å². The van der Waals surface area contributed by atoms with E-state index in [1.807, 2.05) is 0 Å². The fourth-order valence-electron chi connectivity index (χ4n) is 1.90. The molecule has 3 heteroatoms. The molecular formula is C9H19FN2. The molecule has 0 amide bonds. The maximum atomic E-state index is 12.5. The number of piperazine rings is 1. The summed E-state index contributed by atoms with van der Waals surface area (Å²) in [5.41, 5.74) is 0. The van der Waals surface area contributed by atoms with Gasteiger partial charge in [0.05, 0.1) is 6.04 Å². The lowest BCUT2D eigenvalue weighted by atomic mass is 10.1. The van der Waals surface area contributed by atoms with Crippen molar-refractivity contribution in [2.45, 2.75) is 38.9 Å². The predicted octanol–water partition coefficient (Wildman–Crippen LogP) is 1.03. The highest BCUT2D eigenvalue weighted by Crippen LogP contribution is 2.12. The molecule has 1 N–H and O–H groups in total. The number of halogens is 1. The Labute approximate surface area is 74.1 Å². The van der Waals surface area contributed by atoms with E-state index in [-0.39, 0.29) is 12.7 Å². The van der Waals surface area contributed by atoms with Crippen LogP contribution in [0, 0.1) is 0 Å². The van der Waals surface area contributed by atoms with Crippen LogP contribution in [0.15, 0.2) is 0 Å². The first-order valence-electron chi connectivity index (χ1n) is 4.72. The smallest absolute Gasteiger partial charge is 0.106 e. The Morgan fingerprint density at radius 3 is 2.75 bits per heavy atom. The third-order valence-corrected chi connectivity index (χ3v) is 2.71. The second kappa shape index (κ2) is 4.19. The molecule has 0 spiro atoms. The number of alkyl halides is 1. The first-order chi connectivity index (χ1) is 5.66. The SMILES string of the molecule is CC(C)N1CCN[C@H](CF)[C@@H]1C. The Hall–Kier alpha value is -0.150.